The predicted octanol–water partition coefficient (Wildman–Crippen LogP) is 1.61. The molecule has 1 saturated carbocycles. The molecule has 116 valence electrons. The van der Waals surface area contributed by atoms with E-state index in [1.165, 1.54) is 19.3 Å². The summed E-state index contributed by atoms with van der Waals surface area (Å²) in [4.78, 5) is 14.8. The highest BCUT2D eigenvalue weighted by Gasteiger charge is 2.31. The standard InChI is InChI=1S/C16H31N3O/c1-12(2)14-6-4-5-7-15(14)18-16(20)13(3)19-10-8-17-9-11-19/h12-15,17H,4-11H2,1-3H3,(H,18,20). The van der Waals surface area contributed by atoms with Crippen LogP contribution >= 0.6 is 0 Å². The minimum Gasteiger partial charge on any atom is -0.352 e. The molecule has 1 saturated heterocycles. The first-order valence-corrected chi connectivity index (χ1v) is 8.34. The lowest BCUT2D eigenvalue weighted by Crippen LogP contribution is -2.55. The summed E-state index contributed by atoms with van der Waals surface area (Å²) in [7, 11) is 0. The Morgan fingerprint density at radius 3 is 2.45 bits per heavy atom. The summed E-state index contributed by atoms with van der Waals surface area (Å²) in [6.45, 7) is 10.6. The van der Waals surface area contributed by atoms with Gasteiger partial charge in [-0.15, -0.1) is 0 Å². The highest BCUT2D eigenvalue weighted by molar-refractivity contribution is 5.81. The maximum absolute atomic E-state index is 12.5. The Balaban J connectivity index is 1.88. The Kier molecular flexibility index (Phi) is 5.85. The molecule has 0 aromatic heterocycles. The summed E-state index contributed by atoms with van der Waals surface area (Å²) in [5.74, 6) is 1.54. The van der Waals surface area contributed by atoms with Crippen LogP contribution in [0.3, 0.4) is 0 Å². The fourth-order valence-electron chi connectivity index (χ4n) is 3.68. The van der Waals surface area contributed by atoms with Crippen molar-refractivity contribution in [3.8, 4) is 0 Å². The topological polar surface area (TPSA) is 44.4 Å². The van der Waals surface area contributed by atoms with Gasteiger partial charge < -0.3 is 10.6 Å². The van der Waals surface area contributed by atoms with E-state index in [0.29, 0.717) is 17.9 Å². The van der Waals surface area contributed by atoms with E-state index in [1.807, 2.05) is 6.92 Å². The van der Waals surface area contributed by atoms with Crippen LogP contribution in [0, 0.1) is 11.8 Å². The fourth-order valence-corrected chi connectivity index (χ4v) is 3.68. The van der Waals surface area contributed by atoms with Crippen LogP contribution in [-0.2, 0) is 4.79 Å². The van der Waals surface area contributed by atoms with Crippen LogP contribution in [0.15, 0.2) is 0 Å². The lowest BCUT2D eigenvalue weighted by atomic mass is 9.78. The smallest absolute Gasteiger partial charge is 0.237 e. The second-order valence-corrected chi connectivity index (χ2v) is 6.77. The third-order valence-electron chi connectivity index (χ3n) is 5.08. The number of nitrogens with zero attached hydrogens (tertiary/aromatic N) is 1. The van der Waals surface area contributed by atoms with Gasteiger partial charge in [0.25, 0.3) is 0 Å². The first-order valence-electron chi connectivity index (χ1n) is 8.34. The summed E-state index contributed by atoms with van der Waals surface area (Å²) in [5.41, 5.74) is 0. The van der Waals surface area contributed by atoms with Crippen molar-refractivity contribution < 1.29 is 4.79 Å². The van der Waals surface area contributed by atoms with Crippen molar-refractivity contribution in [3.63, 3.8) is 0 Å². The lowest BCUT2D eigenvalue weighted by molar-refractivity contribution is -0.127. The molecule has 2 rings (SSSR count). The number of carbonyl (C=O) groups is 1. The minimum atomic E-state index is 0.00633. The molecule has 3 atom stereocenters. The average molecular weight is 281 g/mol. The van der Waals surface area contributed by atoms with Gasteiger partial charge >= 0.3 is 0 Å². The molecule has 1 aliphatic carbocycles. The molecule has 2 N–H and O–H groups in total. The van der Waals surface area contributed by atoms with Gasteiger partial charge in [0.15, 0.2) is 0 Å². The van der Waals surface area contributed by atoms with Gasteiger partial charge in [-0.3, -0.25) is 9.69 Å². The summed E-state index contributed by atoms with van der Waals surface area (Å²) < 4.78 is 0. The number of hydrogen-bond donors (Lipinski definition) is 2. The van der Waals surface area contributed by atoms with Gasteiger partial charge in [-0.2, -0.15) is 0 Å². The fraction of sp³-hybridized carbons (Fsp3) is 0.938. The van der Waals surface area contributed by atoms with Gasteiger partial charge in [-0.1, -0.05) is 26.7 Å². The molecule has 2 aliphatic rings. The molecule has 1 aliphatic heterocycles. The average Bonchev–Trinajstić information content (AvgIpc) is 2.47. The Bertz CT molecular complexity index is 313. The molecule has 0 aromatic carbocycles. The monoisotopic (exact) mass is 281 g/mol. The Morgan fingerprint density at radius 2 is 1.80 bits per heavy atom. The third-order valence-corrected chi connectivity index (χ3v) is 5.08. The molecule has 1 amide bonds. The number of rotatable bonds is 4. The van der Waals surface area contributed by atoms with Crippen molar-refractivity contribution in [1.29, 1.82) is 0 Å². The number of nitrogens with one attached hydrogen (secondary N) is 2. The molecule has 3 unspecified atom stereocenters. The molecule has 1 heterocycles. The zero-order valence-corrected chi connectivity index (χ0v) is 13.3. The first kappa shape index (κ1) is 15.8. The summed E-state index contributed by atoms with van der Waals surface area (Å²) >= 11 is 0. The second kappa shape index (κ2) is 7.41. The molecule has 4 nitrogen and oxygen atoms in total. The molecular weight excluding hydrogens is 250 g/mol. The summed E-state index contributed by atoms with van der Waals surface area (Å²) in [6, 6.07) is 0.397. The van der Waals surface area contributed by atoms with Gasteiger partial charge in [0, 0.05) is 32.2 Å². The molecule has 0 aromatic rings. The van der Waals surface area contributed by atoms with Crippen molar-refractivity contribution in [2.75, 3.05) is 26.2 Å². The van der Waals surface area contributed by atoms with Crippen LogP contribution in [0.2, 0.25) is 0 Å². The molecule has 20 heavy (non-hydrogen) atoms. The molecule has 0 bridgehead atoms. The van der Waals surface area contributed by atoms with Crippen molar-refractivity contribution in [2.24, 2.45) is 11.8 Å². The molecular formula is C16H31N3O. The number of carbonyl (C=O) groups excluding carboxylic acids is 1. The van der Waals surface area contributed by atoms with E-state index in [0.717, 1.165) is 32.6 Å². The van der Waals surface area contributed by atoms with E-state index in [4.69, 9.17) is 0 Å². The van der Waals surface area contributed by atoms with Crippen LogP contribution in [-0.4, -0.2) is 49.1 Å². The van der Waals surface area contributed by atoms with E-state index in [1.54, 1.807) is 0 Å². The highest BCUT2D eigenvalue weighted by atomic mass is 16.2. The minimum absolute atomic E-state index is 0.00633. The Labute approximate surface area is 123 Å². The molecule has 2 fully saturated rings. The Morgan fingerprint density at radius 1 is 1.15 bits per heavy atom. The van der Waals surface area contributed by atoms with E-state index in [2.05, 4.69) is 29.4 Å². The number of piperazine rings is 1. The van der Waals surface area contributed by atoms with Crippen LogP contribution in [0.4, 0.5) is 0 Å². The van der Waals surface area contributed by atoms with E-state index >= 15 is 0 Å². The maximum Gasteiger partial charge on any atom is 0.237 e. The largest absolute Gasteiger partial charge is 0.352 e. The first-order chi connectivity index (χ1) is 9.59. The number of hydrogen-bond acceptors (Lipinski definition) is 3. The predicted molar refractivity (Wildman–Crippen MR) is 82.6 cm³/mol. The Hall–Kier alpha value is -0.610. The maximum atomic E-state index is 12.5. The van der Waals surface area contributed by atoms with Crippen LogP contribution in [0.1, 0.15) is 46.5 Å². The highest BCUT2D eigenvalue weighted by Crippen LogP contribution is 2.30. The number of amides is 1. The van der Waals surface area contributed by atoms with Crippen molar-refractivity contribution in [2.45, 2.75) is 58.5 Å². The quantitative estimate of drug-likeness (QED) is 0.823. The SMILES string of the molecule is CC(C)C1CCCCC1NC(=O)C(C)N1CCNCC1. The molecule has 4 heteroatoms. The molecule has 0 spiro atoms. The lowest BCUT2D eigenvalue weighted by Gasteiger charge is -2.37. The van der Waals surface area contributed by atoms with Crippen molar-refractivity contribution in [3.05, 3.63) is 0 Å². The van der Waals surface area contributed by atoms with Gasteiger partial charge in [0.2, 0.25) is 5.91 Å². The van der Waals surface area contributed by atoms with Crippen molar-refractivity contribution in [1.82, 2.24) is 15.5 Å². The normalized spacial score (nSPS) is 30.2. The van der Waals surface area contributed by atoms with Crippen molar-refractivity contribution >= 4 is 5.91 Å². The van der Waals surface area contributed by atoms with Gasteiger partial charge in [-0.05, 0) is 31.6 Å². The van der Waals surface area contributed by atoms with E-state index in [-0.39, 0.29) is 11.9 Å². The van der Waals surface area contributed by atoms with Gasteiger partial charge in [0.05, 0.1) is 6.04 Å². The van der Waals surface area contributed by atoms with E-state index < -0.39 is 0 Å². The second-order valence-electron chi connectivity index (χ2n) is 6.77. The van der Waals surface area contributed by atoms with Gasteiger partial charge in [-0.25, -0.2) is 0 Å². The zero-order chi connectivity index (χ0) is 14.5. The van der Waals surface area contributed by atoms with Crippen LogP contribution < -0.4 is 10.6 Å². The van der Waals surface area contributed by atoms with E-state index in [9.17, 15) is 4.79 Å². The molecule has 0 radical (unpaired) electrons. The van der Waals surface area contributed by atoms with Gasteiger partial charge in [0.1, 0.15) is 0 Å². The summed E-state index contributed by atoms with van der Waals surface area (Å²) in [6.07, 6.45) is 5.01. The third kappa shape index (κ3) is 3.95. The van der Waals surface area contributed by atoms with Crippen LogP contribution in [0.5, 0.6) is 0 Å². The zero-order valence-electron chi connectivity index (χ0n) is 13.3. The van der Waals surface area contributed by atoms with Crippen LogP contribution in [0.25, 0.3) is 0 Å². The summed E-state index contributed by atoms with van der Waals surface area (Å²) in [5, 5.41) is 6.68.